The number of halogens is 1. The van der Waals surface area contributed by atoms with Crippen LogP contribution in [-0.2, 0) is 9.31 Å². The van der Waals surface area contributed by atoms with Crippen LogP contribution in [0.15, 0.2) is 48.5 Å². The maximum atomic E-state index is 12.5. The van der Waals surface area contributed by atoms with Crippen molar-refractivity contribution in [2.45, 2.75) is 38.9 Å². The van der Waals surface area contributed by atoms with Crippen LogP contribution in [0.4, 0.5) is 0 Å². The fraction of sp³-hybridized carbons (Fsp3) is 0.316. The lowest BCUT2D eigenvalue weighted by Gasteiger charge is -2.32. The van der Waals surface area contributed by atoms with E-state index >= 15 is 0 Å². The van der Waals surface area contributed by atoms with Gasteiger partial charge in [-0.25, -0.2) is 0 Å². The van der Waals surface area contributed by atoms with E-state index in [9.17, 15) is 4.79 Å². The molecule has 1 saturated heterocycles. The molecule has 0 radical (unpaired) electrons. The summed E-state index contributed by atoms with van der Waals surface area (Å²) >= 11 is 5.96. The van der Waals surface area contributed by atoms with Crippen molar-refractivity contribution in [2.75, 3.05) is 0 Å². The van der Waals surface area contributed by atoms with E-state index in [2.05, 4.69) is 0 Å². The van der Waals surface area contributed by atoms with Gasteiger partial charge in [0.2, 0.25) is 0 Å². The Balaban J connectivity index is 1.81. The molecule has 0 aliphatic carbocycles. The maximum Gasteiger partial charge on any atom is 0.494 e. The quantitative estimate of drug-likeness (QED) is 0.627. The first kappa shape index (κ1) is 17.2. The average Bonchev–Trinajstić information content (AvgIpc) is 2.75. The Morgan fingerprint density at radius 1 is 0.917 bits per heavy atom. The second-order valence-corrected chi connectivity index (χ2v) is 7.49. The van der Waals surface area contributed by atoms with Gasteiger partial charge >= 0.3 is 7.12 Å². The van der Waals surface area contributed by atoms with Crippen molar-refractivity contribution in [1.82, 2.24) is 0 Å². The van der Waals surface area contributed by atoms with Gasteiger partial charge in [0.1, 0.15) is 0 Å². The number of ketones is 1. The summed E-state index contributed by atoms with van der Waals surface area (Å²) in [7, 11) is -0.426. The molecule has 2 aromatic rings. The summed E-state index contributed by atoms with van der Waals surface area (Å²) in [4.78, 5) is 12.5. The van der Waals surface area contributed by atoms with Gasteiger partial charge in [-0.1, -0.05) is 48.0 Å². The van der Waals surface area contributed by atoms with Crippen molar-refractivity contribution in [3.8, 4) is 0 Å². The number of carbonyl (C=O) groups excluding carboxylic acids is 1. The maximum absolute atomic E-state index is 12.5. The van der Waals surface area contributed by atoms with Crippen LogP contribution in [-0.4, -0.2) is 24.1 Å². The normalized spacial score (nSPS) is 18.6. The third kappa shape index (κ3) is 3.14. The zero-order chi connectivity index (χ0) is 17.5. The molecule has 0 spiro atoms. The lowest BCUT2D eigenvalue weighted by atomic mass is 9.78. The summed E-state index contributed by atoms with van der Waals surface area (Å²) in [6.45, 7) is 8.07. The van der Waals surface area contributed by atoms with Gasteiger partial charge in [-0.15, -0.1) is 0 Å². The molecule has 1 aliphatic heterocycles. The SMILES string of the molecule is CC1(C)OB(c2ccc(C(=O)c3cccc(Cl)c3)cc2)OC1(C)C. The van der Waals surface area contributed by atoms with Crippen molar-refractivity contribution >= 4 is 30.0 Å². The van der Waals surface area contributed by atoms with Gasteiger partial charge in [-0.05, 0) is 45.3 Å². The van der Waals surface area contributed by atoms with Crippen LogP contribution >= 0.6 is 11.6 Å². The van der Waals surface area contributed by atoms with E-state index in [1.807, 2.05) is 39.8 Å². The van der Waals surface area contributed by atoms with E-state index in [1.54, 1.807) is 36.4 Å². The predicted octanol–water partition coefficient (Wildman–Crippen LogP) is 3.87. The Bertz CT molecular complexity index is 752. The smallest absolute Gasteiger partial charge is 0.399 e. The summed E-state index contributed by atoms with van der Waals surface area (Å²) in [5, 5.41) is 0.551. The summed E-state index contributed by atoms with van der Waals surface area (Å²) in [5.74, 6) is -0.0574. The van der Waals surface area contributed by atoms with Crippen LogP contribution in [0.25, 0.3) is 0 Å². The Labute approximate surface area is 148 Å². The van der Waals surface area contributed by atoms with Crippen LogP contribution in [0.5, 0.6) is 0 Å². The van der Waals surface area contributed by atoms with Gasteiger partial charge in [0.05, 0.1) is 11.2 Å². The minimum Gasteiger partial charge on any atom is -0.399 e. The molecule has 0 aromatic heterocycles. The monoisotopic (exact) mass is 342 g/mol. The summed E-state index contributed by atoms with van der Waals surface area (Å²) in [6.07, 6.45) is 0. The Morgan fingerprint density at radius 3 is 2.04 bits per heavy atom. The highest BCUT2D eigenvalue weighted by molar-refractivity contribution is 6.62. The molecular weight excluding hydrogens is 322 g/mol. The van der Waals surface area contributed by atoms with E-state index in [1.165, 1.54) is 0 Å². The van der Waals surface area contributed by atoms with Crippen LogP contribution in [0.1, 0.15) is 43.6 Å². The first-order chi connectivity index (χ1) is 11.2. The molecule has 3 rings (SSSR count). The zero-order valence-electron chi connectivity index (χ0n) is 14.3. The number of hydrogen-bond donors (Lipinski definition) is 0. The van der Waals surface area contributed by atoms with Crippen molar-refractivity contribution in [3.05, 3.63) is 64.7 Å². The third-order valence-corrected chi connectivity index (χ3v) is 5.02. The second kappa shape index (κ2) is 6.03. The van der Waals surface area contributed by atoms with E-state index in [4.69, 9.17) is 20.9 Å². The molecule has 24 heavy (non-hydrogen) atoms. The summed E-state index contributed by atoms with van der Waals surface area (Å²) < 4.78 is 12.1. The Morgan fingerprint density at radius 2 is 1.50 bits per heavy atom. The van der Waals surface area contributed by atoms with E-state index in [0.717, 1.165) is 5.46 Å². The molecule has 2 aromatic carbocycles. The van der Waals surface area contributed by atoms with Crippen molar-refractivity contribution in [1.29, 1.82) is 0 Å². The van der Waals surface area contributed by atoms with Gasteiger partial charge in [0.25, 0.3) is 0 Å². The summed E-state index contributed by atoms with van der Waals surface area (Å²) in [5.41, 5.74) is 1.32. The van der Waals surface area contributed by atoms with Gasteiger partial charge in [-0.3, -0.25) is 4.79 Å². The van der Waals surface area contributed by atoms with Gasteiger partial charge in [0, 0.05) is 16.1 Å². The van der Waals surface area contributed by atoms with E-state index in [0.29, 0.717) is 16.1 Å². The molecule has 3 nitrogen and oxygen atoms in total. The summed E-state index contributed by atoms with van der Waals surface area (Å²) in [6, 6.07) is 14.3. The second-order valence-electron chi connectivity index (χ2n) is 7.05. The van der Waals surface area contributed by atoms with Crippen LogP contribution in [0, 0.1) is 0 Å². The molecule has 0 N–H and O–H groups in total. The zero-order valence-corrected chi connectivity index (χ0v) is 15.1. The van der Waals surface area contributed by atoms with Crippen molar-refractivity contribution < 1.29 is 14.1 Å². The highest BCUT2D eigenvalue weighted by Gasteiger charge is 2.51. The standard InChI is InChI=1S/C19H20BClO3/c1-18(2)19(3,4)24-20(23-18)15-10-8-13(9-11-15)17(22)14-6-5-7-16(21)12-14/h5-12H,1-4H3. The largest absolute Gasteiger partial charge is 0.494 e. The molecule has 1 aliphatic rings. The number of carbonyl (C=O) groups is 1. The topological polar surface area (TPSA) is 35.5 Å². The predicted molar refractivity (Wildman–Crippen MR) is 97.0 cm³/mol. The van der Waals surface area contributed by atoms with Crippen molar-refractivity contribution in [3.63, 3.8) is 0 Å². The Kier molecular flexibility index (Phi) is 4.33. The molecule has 0 amide bonds. The average molecular weight is 343 g/mol. The first-order valence-electron chi connectivity index (χ1n) is 7.95. The minimum atomic E-state index is -0.426. The van der Waals surface area contributed by atoms with Crippen LogP contribution in [0.3, 0.4) is 0 Å². The highest BCUT2D eigenvalue weighted by Crippen LogP contribution is 2.36. The number of rotatable bonds is 3. The van der Waals surface area contributed by atoms with E-state index < -0.39 is 7.12 Å². The molecule has 0 atom stereocenters. The lowest BCUT2D eigenvalue weighted by molar-refractivity contribution is 0.00578. The fourth-order valence-corrected chi connectivity index (χ4v) is 2.76. The van der Waals surface area contributed by atoms with Crippen molar-refractivity contribution in [2.24, 2.45) is 0 Å². The molecule has 1 fully saturated rings. The first-order valence-corrected chi connectivity index (χ1v) is 8.33. The number of benzene rings is 2. The number of hydrogen-bond acceptors (Lipinski definition) is 3. The molecule has 5 heteroatoms. The molecule has 1 heterocycles. The van der Waals surface area contributed by atoms with Gasteiger partial charge in [-0.2, -0.15) is 0 Å². The van der Waals surface area contributed by atoms with Crippen LogP contribution in [0.2, 0.25) is 5.02 Å². The lowest BCUT2D eigenvalue weighted by Crippen LogP contribution is -2.41. The molecule has 124 valence electrons. The third-order valence-electron chi connectivity index (χ3n) is 4.79. The molecule has 0 saturated carbocycles. The van der Waals surface area contributed by atoms with E-state index in [-0.39, 0.29) is 17.0 Å². The Hall–Kier alpha value is -1.62. The highest BCUT2D eigenvalue weighted by atomic mass is 35.5. The molecule has 0 unspecified atom stereocenters. The van der Waals surface area contributed by atoms with Gasteiger partial charge in [0.15, 0.2) is 5.78 Å². The van der Waals surface area contributed by atoms with Gasteiger partial charge < -0.3 is 9.31 Å². The minimum absolute atomic E-state index is 0.0574. The fourth-order valence-electron chi connectivity index (χ4n) is 2.57. The molecular formula is C19H20BClO3. The molecule has 0 bridgehead atoms. The van der Waals surface area contributed by atoms with Crippen LogP contribution < -0.4 is 5.46 Å².